The Morgan fingerprint density at radius 1 is 1.03 bits per heavy atom. The summed E-state index contributed by atoms with van der Waals surface area (Å²) in [5.41, 5.74) is 1.30. The SMILES string of the molecule is CCc1c(F)ccc2cc(OC(=O)N(CCOC)CCOC)cc(N3CCc4c(nc(OC[C@@]56CCCN5C[C@H](F)C6)nc4N4CCC[C@]5(C4)NC(=O)NC5=O)C3)c12. The fourth-order valence-electron chi connectivity index (χ4n) is 9.60. The van der Waals surface area contributed by atoms with Crippen molar-refractivity contribution >= 4 is 40.3 Å². The standard InChI is InChI=1S/C41H52F2N8O7/c1-4-29-31(43)8-7-26-19-28(58-39(54)48(15-17-55-2)16-18-56-3)20-33(34(26)29)49-14-9-30-32(23-49)44-38(57-25-40-10-5-13-51(40)22-27(42)21-40)45-35(30)50-12-6-11-41(24-50)36(52)46-37(53)47-41/h7-8,19-20,27H,4-6,9-18,21-25H2,1-3H3,(H2,46,47,52,53)/t27-,40+,41-/m1/s1. The first-order valence-electron chi connectivity index (χ1n) is 20.3. The Hall–Kier alpha value is -4.87. The van der Waals surface area contributed by atoms with E-state index in [1.54, 1.807) is 32.4 Å². The van der Waals surface area contributed by atoms with Crippen molar-refractivity contribution in [1.29, 1.82) is 0 Å². The van der Waals surface area contributed by atoms with Crippen LogP contribution in [0.1, 0.15) is 55.8 Å². The number of piperidine rings is 1. The molecular weight excluding hydrogens is 754 g/mol. The van der Waals surface area contributed by atoms with Crippen LogP contribution in [0.5, 0.6) is 11.8 Å². The Bertz CT molecular complexity index is 2070. The van der Waals surface area contributed by atoms with Crippen LogP contribution in [0, 0.1) is 5.82 Å². The number of nitrogens with zero attached hydrogens (tertiary/aromatic N) is 6. The number of fused-ring (bicyclic) bond motifs is 3. The molecule has 1 spiro atoms. The van der Waals surface area contributed by atoms with E-state index in [1.807, 2.05) is 11.8 Å². The monoisotopic (exact) mass is 806 g/mol. The minimum absolute atomic E-state index is 0.152. The van der Waals surface area contributed by atoms with Crippen LogP contribution < -0.4 is 29.9 Å². The van der Waals surface area contributed by atoms with Gasteiger partial charge in [0.15, 0.2) is 0 Å². The first-order valence-corrected chi connectivity index (χ1v) is 20.3. The van der Waals surface area contributed by atoms with Crippen LogP contribution in [-0.2, 0) is 33.7 Å². The van der Waals surface area contributed by atoms with Crippen molar-refractivity contribution in [3.63, 3.8) is 0 Å². The number of methoxy groups -OCH3 is 2. The number of urea groups is 1. The van der Waals surface area contributed by atoms with Crippen LogP contribution in [0.4, 0.5) is 29.9 Å². The Labute approximate surface area is 336 Å². The lowest BCUT2D eigenvalue weighted by Crippen LogP contribution is -2.59. The van der Waals surface area contributed by atoms with Crippen molar-refractivity contribution in [1.82, 2.24) is 30.4 Å². The summed E-state index contributed by atoms with van der Waals surface area (Å²) >= 11 is 0. The molecule has 0 unspecified atom stereocenters. The third kappa shape index (κ3) is 7.59. The number of rotatable bonds is 13. The highest BCUT2D eigenvalue weighted by Gasteiger charge is 2.51. The van der Waals surface area contributed by atoms with E-state index < -0.39 is 29.4 Å². The third-order valence-corrected chi connectivity index (χ3v) is 12.5. The molecule has 2 N–H and O–H groups in total. The summed E-state index contributed by atoms with van der Waals surface area (Å²) < 4.78 is 53.1. The van der Waals surface area contributed by atoms with Crippen molar-refractivity contribution in [2.45, 2.75) is 75.7 Å². The predicted molar refractivity (Wildman–Crippen MR) is 211 cm³/mol. The van der Waals surface area contributed by atoms with Gasteiger partial charge in [0.25, 0.3) is 5.91 Å². The molecule has 0 saturated carbocycles. The molecular formula is C41H52F2N8O7. The maximum Gasteiger partial charge on any atom is 0.415 e. The number of anilines is 2. The normalized spacial score (nSPS) is 24.3. The Balaban J connectivity index is 1.16. The zero-order valence-corrected chi connectivity index (χ0v) is 33.4. The number of amides is 4. The number of benzene rings is 2. The molecule has 17 heteroatoms. The fraction of sp³-hybridized carbons (Fsp3) is 0.585. The van der Waals surface area contributed by atoms with Gasteiger partial charge in [-0.1, -0.05) is 13.0 Å². The van der Waals surface area contributed by atoms with E-state index in [0.29, 0.717) is 113 Å². The second-order valence-electron chi connectivity index (χ2n) is 16.1. The van der Waals surface area contributed by atoms with E-state index >= 15 is 4.39 Å². The number of ether oxygens (including phenoxy) is 4. The molecule has 0 aliphatic carbocycles. The zero-order chi connectivity index (χ0) is 40.6. The van der Waals surface area contributed by atoms with E-state index in [2.05, 4.69) is 20.4 Å². The summed E-state index contributed by atoms with van der Waals surface area (Å²) in [5.74, 6) is 0.247. The van der Waals surface area contributed by atoms with Crippen molar-refractivity contribution in [3.05, 3.63) is 46.9 Å². The van der Waals surface area contributed by atoms with Crippen LogP contribution in [-0.4, -0.2) is 135 Å². The van der Waals surface area contributed by atoms with E-state index in [0.717, 1.165) is 35.7 Å². The van der Waals surface area contributed by atoms with Crippen molar-refractivity contribution < 1.29 is 42.1 Å². The first kappa shape index (κ1) is 39.9. The first-order chi connectivity index (χ1) is 28.0. The average Bonchev–Trinajstić information content (AvgIpc) is 3.83. The zero-order valence-electron chi connectivity index (χ0n) is 33.4. The minimum atomic E-state index is -1.09. The van der Waals surface area contributed by atoms with Crippen LogP contribution in [0.2, 0.25) is 0 Å². The fourth-order valence-corrected chi connectivity index (χ4v) is 9.60. The summed E-state index contributed by atoms with van der Waals surface area (Å²) in [6, 6.07) is 6.31. The topological polar surface area (TPSA) is 151 Å². The van der Waals surface area contributed by atoms with Gasteiger partial charge in [-0.15, -0.1) is 0 Å². The van der Waals surface area contributed by atoms with Crippen LogP contribution >= 0.6 is 0 Å². The smallest absolute Gasteiger partial charge is 0.415 e. The highest BCUT2D eigenvalue weighted by molar-refractivity contribution is 6.07. The maximum atomic E-state index is 15.5. The van der Waals surface area contributed by atoms with Gasteiger partial charge in [0, 0.05) is 76.1 Å². The van der Waals surface area contributed by atoms with Gasteiger partial charge >= 0.3 is 18.1 Å². The number of carbonyl (C=O) groups is 3. The number of halogens is 2. The average molecular weight is 807 g/mol. The molecule has 58 heavy (non-hydrogen) atoms. The Kier molecular flexibility index (Phi) is 11.3. The molecule has 4 saturated heterocycles. The summed E-state index contributed by atoms with van der Waals surface area (Å²) in [4.78, 5) is 56.7. The van der Waals surface area contributed by atoms with Gasteiger partial charge in [-0.3, -0.25) is 15.0 Å². The lowest BCUT2D eigenvalue weighted by atomic mass is 9.88. The molecule has 0 bridgehead atoms. The molecule has 4 fully saturated rings. The summed E-state index contributed by atoms with van der Waals surface area (Å²) in [6.45, 7) is 6.22. The quantitative estimate of drug-likeness (QED) is 0.239. The highest BCUT2D eigenvalue weighted by Crippen LogP contribution is 2.42. The molecule has 5 aliphatic heterocycles. The molecule has 6 heterocycles. The molecule has 0 radical (unpaired) electrons. The number of alkyl halides is 1. The number of hydrogen-bond donors (Lipinski definition) is 2. The van der Waals surface area contributed by atoms with E-state index in [-0.39, 0.29) is 30.9 Å². The maximum absolute atomic E-state index is 15.5. The van der Waals surface area contributed by atoms with Gasteiger partial charge in [0.05, 0.1) is 37.5 Å². The number of aromatic nitrogens is 2. The van der Waals surface area contributed by atoms with E-state index in [1.165, 1.54) is 11.0 Å². The summed E-state index contributed by atoms with van der Waals surface area (Å²) in [6.07, 6.45) is 2.77. The van der Waals surface area contributed by atoms with Crippen molar-refractivity contribution in [2.75, 3.05) is 89.7 Å². The Morgan fingerprint density at radius 2 is 1.83 bits per heavy atom. The molecule has 312 valence electrons. The minimum Gasteiger partial charge on any atom is -0.461 e. The number of imide groups is 1. The van der Waals surface area contributed by atoms with Gasteiger partial charge in [-0.25, -0.2) is 18.4 Å². The molecule has 1 aromatic heterocycles. The van der Waals surface area contributed by atoms with Gasteiger partial charge in [-0.05, 0) is 68.2 Å². The summed E-state index contributed by atoms with van der Waals surface area (Å²) in [7, 11) is 3.13. The van der Waals surface area contributed by atoms with E-state index in [9.17, 15) is 18.8 Å². The molecule has 3 atom stereocenters. The number of aryl methyl sites for hydroxylation is 1. The van der Waals surface area contributed by atoms with Crippen LogP contribution in [0.25, 0.3) is 10.8 Å². The molecule has 2 aromatic carbocycles. The molecule has 4 amide bonds. The number of nitrogens with one attached hydrogen (secondary N) is 2. The van der Waals surface area contributed by atoms with Crippen molar-refractivity contribution in [2.24, 2.45) is 0 Å². The second kappa shape index (κ2) is 16.4. The van der Waals surface area contributed by atoms with Gasteiger partial charge in [0.2, 0.25) is 0 Å². The second-order valence-corrected chi connectivity index (χ2v) is 16.1. The summed E-state index contributed by atoms with van der Waals surface area (Å²) in [5, 5.41) is 6.70. The molecule has 8 rings (SSSR count). The third-order valence-electron chi connectivity index (χ3n) is 12.5. The molecule has 3 aromatic rings. The van der Waals surface area contributed by atoms with Gasteiger partial charge < -0.3 is 39.0 Å². The number of carbonyl (C=O) groups excluding carboxylic acids is 3. The molecule has 15 nitrogen and oxygen atoms in total. The Morgan fingerprint density at radius 3 is 2.57 bits per heavy atom. The lowest BCUT2D eigenvalue weighted by Gasteiger charge is -2.40. The largest absolute Gasteiger partial charge is 0.461 e. The lowest BCUT2D eigenvalue weighted by molar-refractivity contribution is -0.124. The van der Waals surface area contributed by atoms with E-state index in [4.69, 9.17) is 28.9 Å². The number of hydrogen-bond acceptors (Lipinski definition) is 12. The molecule has 5 aliphatic rings. The van der Waals surface area contributed by atoms with Gasteiger partial charge in [-0.2, -0.15) is 9.97 Å². The van der Waals surface area contributed by atoms with Crippen LogP contribution in [0.15, 0.2) is 24.3 Å². The van der Waals surface area contributed by atoms with Crippen molar-refractivity contribution in [3.8, 4) is 11.8 Å². The van der Waals surface area contributed by atoms with Gasteiger partial charge in [0.1, 0.15) is 35.7 Å². The predicted octanol–water partition coefficient (Wildman–Crippen LogP) is 4.12. The van der Waals surface area contributed by atoms with Crippen LogP contribution in [0.3, 0.4) is 0 Å². The highest BCUT2D eigenvalue weighted by atomic mass is 19.1.